The van der Waals surface area contributed by atoms with E-state index in [0.29, 0.717) is 13.1 Å². The molecule has 2 aromatic rings. The van der Waals surface area contributed by atoms with Crippen molar-refractivity contribution in [3.63, 3.8) is 0 Å². The van der Waals surface area contributed by atoms with Gasteiger partial charge in [-0.05, 0) is 26.5 Å². The van der Waals surface area contributed by atoms with Crippen LogP contribution in [0, 0.1) is 13.8 Å². The van der Waals surface area contributed by atoms with Gasteiger partial charge in [0.15, 0.2) is 0 Å². The summed E-state index contributed by atoms with van der Waals surface area (Å²) in [4.78, 5) is 7.95. The van der Waals surface area contributed by atoms with Gasteiger partial charge in [-0.1, -0.05) is 30.3 Å². The molecule has 0 amide bonds. The second-order valence-corrected chi connectivity index (χ2v) is 9.63. The Morgan fingerprint density at radius 1 is 1.25 bits per heavy atom. The third-order valence-corrected chi connectivity index (χ3v) is 7.27. The minimum atomic E-state index is -3.22. The van der Waals surface area contributed by atoms with Crippen LogP contribution in [0.2, 0.25) is 0 Å². The Morgan fingerprint density at radius 3 is 2.50 bits per heavy atom. The van der Waals surface area contributed by atoms with Gasteiger partial charge >= 0.3 is 0 Å². The summed E-state index contributed by atoms with van der Waals surface area (Å²) >= 11 is 1.72. The first-order chi connectivity index (χ1) is 11.3. The number of aromatic nitrogens is 1. The molecule has 130 valence electrons. The molecule has 0 N–H and O–H groups in total. The summed E-state index contributed by atoms with van der Waals surface area (Å²) in [7, 11) is -1.17. The normalized spacial score (nSPS) is 16.5. The highest BCUT2D eigenvalue weighted by Gasteiger charge is 2.37. The number of hydrogen-bond donors (Lipinski definition) is 0. The lowest BCUT2D eigenvalue weighted by molar-refractivity contribution is 0.106. The molecule has 0 bridgehead atoms. The van der Waals surface area contributed by atoms with Crippen LogP contribution in [0.4, 0.5) is 0 Å². The summed E-state index contributed by atoms with van der Waals surface area (Å²) in [6.07, 6.45) is 0. The van der Waals surface area contributed by atoms with Crippen LogP contribution in [0.25, 0.3) is 0 Å². The molecule has 1 fully saturated rings. The summed E-state index contributed by atoms with van der Waals surface area (Å²) in [5, 5.41) is 1.08. The molecule has 24 heavy (non-hydrogen) atoms. The van der Waals surface area contributed by atoms with E-state index in [1.54, 1.807) is 15.6 Å². The molecular weight excluding hydrogens is 342 g/mol. The van der Waals surface area contributed by atoms with Crippen molar-refractivity contribution in [3.8, 4) is 0 Å². The Labute approximate surface area is 148 Å². The number of likely N-dealkylation sites (N-methyl/N-ethyl adjacent to an activating group) is 1. The van der Waals surface area contributed by atoms with Gasteiger partial charge in [0.05, 0.1) is 16.5 Å². The van der Waals surface area contributed by atoms with Gasteiger partial charge in [0.25, 0.3) is 0 Å². The Hall–Kier alpha value is -1.28. The van der Waals surface area contributed by atoms with Crippen molar-refractivity contribution in [2.24, 2.45) is 0 Å². The van der Waals surface area contributed by atoms with E-state index in [9.17, 15) is 8.42 Å². The molecule has 0 spiro atoms. The Morgan fingerprint density at radius 2 is 1.92 bits per heavy atom. The third-order valence-electron chi connectivity index (χ3n) is 4.43. The fourth-order valence-corrected chi connectivity index (χ4v) is 5.47. The van der Waals surface area contributed by atoms with Crippen LogP contribution in [0.15, 0.2) is 30.3 Å². The van der Waals surface area contributed by atoms with Crippen LogP contribution in [-0.2, 0) is 22.3 Å². The van der Waals surface area contributed by atoms with E-state index in [0.717, 1.165) is 22.8 Å². The van der Waals surface area contributed by atoms with Crippen LogP contribution in [-0.4, -0.2) is 48.8 Å². The molecule has 7 heteroatoms. The Bertz CT molecular complexity index is 796. The molecule has 1 aromatic heterocycles. The van der Waals surface area contributed by atoms with E-state index in [2.05, 4.69) is 16.9 Å². The molecule has 0 aliphatic carbocycles. The quantitative estimate of drug-likeness (QED) is 0.789. The number of benzene rings is 1. The fourth-order valence-electron chi connectivity index (χ4n) is 2.87. The average Bonchev–Trinajstić information content (AvgIpc) is 2.75. The van der Waals surface area contributed by atoms with Crippen LogP contribution in [0.3, 0.4) is 0 Å². The van der Waals surface area contributed by atoms with E-state index in [1.165, 1.54) is 4.88 Å². The number of aryl methyl sites for hydroxylation is 2. The van der Waals surface area contributed by atoms with Crippen molar-refractivity contribution in [1.29, 1.82) is 0 Å². The Kier molecular flexibility index (Phi) is 5.05. The molecule has 1 aliphatic rings. The topological polar surface area (TPSA) is 53.5 Å². The van der Waals surface area contributed by atoms with Crippen molar-refractivity contribution in [2.75, 3.05) is 20.1 Å². The van der Waals surface area contributed by atoms with E-state index in [-0.39, 0.29) is 11.8 Å². The summed E-state index contributed by atoms with van der Waals surface area (Å²) in [6, 6.07) is 9.63. The largest absolute Gasteiger partial charge is 0.296 e. The maximum absolute atomic E-state index is 12.5. The number of hydrogen-bond acceptors (Lipinski definition) is 5. The van der Waals surface area contributed by atoms with Crippen molar-refractivity contribution in [1.82, 2.24) is 14.2 Å². The van der Waals surface area contributed by atoms with Crippen LogP contribution in [0.1, 0.15) is 21.1 Å². The van der Waals surface area contributed by atoms with E-state index >= 15 is 0 Å². The summed E-state index contributed by atoms with van der Waals surface area (Å²) in [5.41, 5.74) is 1.92. The lowest BCUT2D eigenvalue weighted by atomic mass is 10.1. The van der Waals surface area contributed by atoms with Crippen LogP contribution < -0.4 is 0 Å². The van der Waals surface area contributed by atoms with Gasteiger partial charge in [0.1, 0.15) is 0 Å². The van der Waals surface area contributed by atoms with Gasteiger partial charge in [-0.3, -0.25) is 4.90 Å². The molecule has 0 saturated carbocycles. The fraction of sp³-hybridized carbons (Fsp3) is 0.471. The molecule has 1 aromatic carbocycles. The molecule has 5 nitrogen and oxygen atoms in total. The maximum Gasteiger partial charge on any atom is 0.218 e. The predicted octanol–water partition coefficient (Wildman–Crippen LogP) is 2.41. The molecule has 2 heterocycles. The highest BCUT2D eigenvalue weighted by molar-refractivity contribution is 7.88. The van der Waals surface area contributed by atoms with Gasteiger partial charge in [-0.25, -0.2) is 13.4 Å². The summed E-state index contributed by atoms with van der Waals surface area (Å²) in [5.74, 6) is 0.0808. The van der Waals surface area contributed by atoms with Crippen molar-refractivity contribution in [2.45, 2.75) is 32.2 Å². The van der Waals surface area contributed by atoms with Crippen LogP contribution in [0.5, 0.6) is 0 Å². The van der Waals surface area contributed by atoms with Gasteiger partial charge in [0.2, 0.25) is 10.0 Å². The van der Waals surface area contributed by atoms with Crippen molar-refractivity contribution < 1.29 is 8.42 Å². The first-order valence-electron chi connectivity index (χ1n) is 8.00. The van der Waals surface area contributed by atoms with E-state index < -0.39 is 10.0 Å². The highest BCUT2D eigenvalue weighted by atomic mass is 32.2. The van der Waals surface area contributed by atoms with Crippen molar-refractivity contribution >= 4 is 21.4 Å². The Balaban J connectivity index is 1.55. The monoisotopic (exact) mass is 365 g/mol. The zero-order valence-corrected chi connectivity index (χ0v) is 15.9. The van der Waals surface area contributed by atoms with E-state index in [1.807, 2.05) is 44.2 Å². The summed E-state index contributed by atoms with van der Waals surface area (Å²) in [6.45, 7) is 6.02. The van der Waals surface area contributed by atoms with Crippen molar-refractivity contribution in [3.05, 3.63) is 51.5 Å². The molecule has 0 atom stereocenters. The van der Waals surface area contributed by atoms with Gasteiger partial charge in [-0.2, -0.15) is 4.31 Å². The van der Waals surface area contributed by atoms with Gasteiger partial charge < -0.3 is 0 Å². The standard InChI is InChI=1S/C17H23N3O2S2/c1-13-17(23-14(2)18-13)11-19(3)16-9-20(10-16)24(21,22)12-15-7-5-4-6-8-15/h4-8,16H,9-12H2,1-3H3. The minimum Gasteiger partial charge on any atom is -0.296 e. The first-order valence-corrected chi connectivity index (χ1v) is 10.4. The maximum atomic E-state index is 12.5. The number of sulfonamides is 1. The zero-order chi connectivity index (χ0) is 17.3. The minimum absolute atomic E-state index is 0.0808. The predicted molar refractivity (Wildman–Crippen MR) is 97.5 cm³/mol. The smallest absolute Gasteiger partial charge is 0.218 e. The third kappa shape index (κ3) is 3.85. The number of nitrogens with zero attached hydrogens (tertiary/aromatic N) is 3. The second kappa shape index (κ2) is 6.92. The second-order valence-electron chi connectivity index (χ2n) is 6.37. The lowest BCUT2D eigenvalue weighted by Crippen LogP contribution is -2.59. The van der Waals surface area contributed by atoms with Gasteiger partial charge in [0, 0.05) is 30.6 Å². The SMILES string of the molecule is Cc1nc(C)c(CN(C)C2CN(S(=O)(=O)Cc3ccccc3)C2)s1. The molecule has 1 saturated heterocycles. The molecule has 1 aliphatic heterocycles. The lowest BCUT2D eigenvalue weighted by Gasteiger charge is -2.43. The number of rotatable bonds is 6. The van der Waals surface area contributed by atoms with Crippen LogP contribution >= 0.6 is 11.3 Å². The molecule has 0 unspecified atom stereocenters. The highest BCUT2D eigenvalue weighted by Crippen LogP contribution is 2.24. The number of thiazole rings is 1. The zero-order valence-electron chi connectivity index (χ0n) is 14.3. The summed E-state index contributed by atoms with van der Waals surface area (Å²) < 4.78 is 26.5. The molecule has 0 radical (unpaired) electrons. The first kappa shape index (κ1) is 17.5. The molecule has 3 rings (SSSR count). The molecular formula is C17H23N3O2S2. The van der Waals surface area contributed by atoms with Gasteiger partial charge in [-0.15, -0.1) is 11.3 Å². The van der Waals surface area contributed by atoms with E-state index in [4.69, 9.17) is 0 Å². The average molecular weight is 366 g/mol.